The summed E-state index contributed by atoms with van der Waals surface area (Å²) in [6.45, 7) is 6.86. The minimum atomic E-state index is -0.564. The van der Waals surface area contributed by atoms with Gasteiger partial charge in [-0.1, -0.05) is 39.0 Å². The molecule has 7 heteroatoms. The highest BCUT2D eigenvalue weighted by Gasteiger charge is 2.32. The van der Waals surface area contributed by atoms with Gasteiger partial charge in [0.25, 0.3) is 5.91 Å². The molecule has 1 aromatic heterocycles. The second-order valence-electron chi connectivity index (χ2n) is 7.37. The molecule has 1 fully saturated rings. The van der Waals surface area contributed by atoms with Crippen LogP contribution in [0.25, 0.3) is 17.5 Å². The molecule has 1 saturated heterocycles. The zero-order chi connectivity index (χ0) is 19.8. The average molecular weight is 367 g/mol. The van der Waals surface area contributed by atoms with Gasteiger partial charge in [-0.05, 0) is 18.2 Å². The van der Waals surface area contributed by atoms with Crippen molar-refractivity contribution in [2.75, 3.05) is 6.54 Å². The van der Waals surface area contributed by atoms with Gasteiger partial charge in [0.15, 0.2) is 0 Å². The fourth-order valence-electron chi connectivity index (χ4n) is 2.76. The Hall–Kier alpha value is -3.22. The standard InChI is InChI=1S/C20H21N3O4/c1-12(24)23-11-16(25)21-15(19(23)26)10-14-17(20(2,3)4)27-18(22-14)13-8-6-5-7-9-13/h5-10H,11H2,1-4H3,(H,21,25)/b15-10-. The Morgan fingerprint density at radius 2 is 1.89 bits per heavy atom. The van der Waals surface area contributed by atoms with E-state index < -0.39 is 17.7 Å². The van der Waals surface area contributed by atoms with Gasteiger partial charge in [0.1, 0.15) is 23.7 Å². The Kier molecular flexibility index (Phi) is 4.70. The van der Waals surface area contributed by atoms with Gasteiger partial charge in [-0.2, -0.15) is 0 Å². The highest BCUT2D eigenvalue weighted by Crippen LogP contribution is 2.32. The molecule has 0 atom stereocenters. The van der Waals surface area contributed by atoms with Gasteiger partial charge in [0, 0.05) is 17.9 Å². The number of benzene rings is 1. The van der Waals surface area contributed by atoms with E-state index in [2.05, 4.69) is 10.3 Å². The maximum atomic E-state index is 12.5. The van der Waals surface area contributed by atoms with E-state index in [1.165, 1.54) is 13.0 Å². The minimum Gasteiger partial charge on any atom is -0.440 e. The summed E-state index contributed by atoms with van der Waals surface area (Å²) in [6, 6.07) is 9.40. The molecule has 1 aliphatic rings. The van der Waals surface area contributed by atoms with Crippen LogP contribution in [-0.2, 0) is 19.8 Å². The van der Waals surface area contributed by atoms with E-state index in [1.807, 2.05) is 51.1 Å². The van der Waals surface area contributed by atoms with Crippen molar-refractivity contribution in [1.82, 2.24) is 15.2 Å². The Bertz CT molecular complexity index is 936. The lowest BCUT2D eigenvalue weighted by atomic mass is 9.91. The summed E-state index contributed by atoms with van der Waals surface area (Å²) in [4.78, 5) is 41.5. The van der Waals surface area contributed by atoms with E-state index in [9.17, 15) is 14.4 Å². The summed E-state index contributed by atoms with van der Waals surface area (Å²) in [5.74, 6) is -0.477. The SMILES string of the molecule is CC(=O)N1CC(=O)N/C(=C\c2nc(-c3ccccc3)oc2C(C)(C)C)C1=O. The van der Waals surface area contributed by atoms with E-state index in [0.717, 1.165) is 10.5 Å². The molecule has 27 heavy (non-hydrogen) atoms. The monoisotopic (exact) mass is 367 g/mol. The normalized spacial score (nSPS) is 16.6. The predicted molar refractivity (Wildman–Crippen MR) is 99.2 cm³/mol. The van der Waals surface area contributed by atoms with Gasteiger partial charge >= 0.3 is 0 Å². The number of piperazine rings is 1. The molecule has 7 nitrogen and oxygen atoms in total. The molecule has 1 N–H and O–H groups in total. The third-order valence-electron chi connectivity index (χ3n) is 4.07. The number of hydrogen-bond donors (Lipinski definition) is 1. The first kappa shape index (κ1) is 18.6. The molecule has 0 aliphatic carbocycles. The quantitative estimate of drug-likeness (QED) is 0.823. The summed E-state index contributed by atoms with van der Waals surface area (Å²) in [6.07, 6.45) is 1.46. The van der Waals surface area contributed by atoms with Gasteiger partial charge in [0.05, 0.1) is 0 Å². The topological polar surface area (TPSA) is 92.5 Å². The molecule has 140 valence electrons. The molecule has 2 heterocycles. The first-order valence-corrected chi connectivity index (χ1v) is 8.57. The average Bonchev–Trinajstić information content (AvgIpc) is 3.02. The number of nitrogens with zero attached hydrogens (tertiary/aromatic N) is 2. The summed E-state index contributed by atoms with van der Waals surface area (Å²) < 4.78 is 5.98. The Morgan fingerprint density at radius 1 is 1.22 bits per heavy atom. The van der Waals surface area contributed by atoms with Crippen molar-refractivity contribution in [2.24, 2.45) is 0 Å². The Morgan fingerprint density at radius 3 is 2.48 bits per heavy atom. The molecule has 3 rings (SSSR count). The number of oxazole rings is 1. The smallest absolute Gasteiger partial charge is 0.277 e. The van der Waals surface area contributed by atoms with Crippen LogP contribution in [0.3, 0.4) is 0 Å². The van der Waals surface area contributed by atoms with E-state index in [0.29, 0.717) is 17.3 Å². The highest BCUT2D eigenvalue weighted by atomic mass is 16.4. The van der Waals surface area contributed by atoms with Crippen LogP contribution in [0.4, 0.5) is 0 Å². The fourth-order valence-corrected chi connectivity index (χ4v) is 2.76. The van der Waals surface area contributed by atoms with Gasteiger partial charge in [-0.25, -0.2) is 4.98 Å². The molecule has 0 saturated carbocycles. The van der Waals surface area contributed by atoms with E-state index in [4.69, 9.17) is 4.42 Å². The van der Waals surface area contributed by atoms with Crippen LogP contribution in [0, 0.1) is 0 Å². The van der Waals surface area contributed by atoms with Crippen molar-refractivity contribution in [3.05, 3.63) is 47.5 Å². The van der Waals surface area contributed by atoms with Crippen LogP contribution >= 0.6 is 0 Å². The number of carbonyl (C=O) groups is 3. The predicted octanol–water partition coefficient (Wildman–Crippen LogP) is 2.48. The number of rotatable bonds is 2. The maximum absolute atomic E-state index is 12.5. The van der Waals surface area contributed by atoms with Gasteiger partial charge < -0.3 is 9.73 Å². The van der Waals surface area contributed by atoms with Crippen molar-refractivity contribution in [3.63, 3.8) is 0 Å². The lowest BCUT2D eigenvalue weighted by Gasteiger charge is -2.25. The lowest BCUT2D eigenvalue weighted by molar-refractivity contribution is -0.147. The number of imide groups is 1. The number of carbonyl (C=O) groups excluding carboxylic acids is 3. The van der Waals surface area contributed by atoms with E-state index in [-0.39, 0.29) is 17.7 Å². The third kappa shape index (κ3) is 3.81. The largest absolute Gasteiger partial charge is 0.440 e. The highest BCUT2D eigenvalue weighted by molar-refractivity contribution is 6.12. The van der Waals surface area contributed by atoms with Crippen molar-refractivity contribution in [2.45, 2.75) is 33.1 Å². The van der Waals surface area contributed by atoms with Crippen LogP contribution < -0.4 is 5.32 Å². The molecule has 3 amide bonds. The van der Waals surface area contributed by atoms with Gasteiger partial charge in [0.2, 0.25) is 17.7 Å². The molecule has 0 spiro atoms. The van der Waals surface area contributed by atoms with E-state index in [1.54, 1.807) is 0 Å². The molecule has 0 bridgehead atoms. The number of aromatic nitrogens is 1. The second-order valence-corrected chi connectivity index (χ2v) is 7.37. The maximum Gasteiger partial charge on any atom is 0.277 e. The van der Waals surface area contributed by atoms with Crippen LogP contribution in [0.15, 0.2) is 40.4 Å². The van der Waals surface area contributed by atoms with Gasteiger partial charge in [-0.3, -0.25) is 19.3 Å². The second kappa shape index (κ2) is 6.83. The number of nitrogens with one attached hydrogen (secondary N) is 1. The zero-order valence-electron chi connectivity index (χ0n) is 15.7. The summed E-state index contributed by atoms with van der Waals surface area (Å²) in [5.41, 5.74) is 0.862. The number of amides is 3. The fraction of sp³-hybridized carbons (Fsp3) is 0.300. The summed E-state index contributed by atoms with van der Waals surface area (Å²) in [5, 5.41) is 2.52. The van der Waals surface area contributed by atoms with Crippen molar-refractivity contribution < 1.29 is 18.8 Å². The molecule has 1 aromatic carbocycles. The number of hydrogen-bond acceptors (Lipinski definition) is 5. The van der Waals surface area contributed by atoms with Crippen molar-refractivity contribution >= 4 is 23.8 Å². The molecular formula is C20H21N3O4. The Balaban J connectivity index is 2.09. The third-order valence-corrected chi connectivity index (χ3v) is 4.07. The van der Waals surface area contributed by atoms with Crippen molar-refractivity contribution in [3.8, 4) is 11.5 Å². The minimum absolute atomic E-state index is 0.000128. The summed E-state index contributed by atoms with van der Waals surface area (Å²) >= 11 is 0. The molecular weight excluding hydrogens is 346 g/mol. The van der Waals surface area contributed by atoms with Crippen LogP contribution in [0.2, 0.25) is 0 Å². The molecule has 0 unspecified atom stereocenters. The van der Waals surface area contributed by atoms with Crippen molar-refractivity contribution in [1.29, 1.82) is 0 Å². The first-order chi connectivity index (χ1) is 12.7. The zero-order valence-corrected chi connectivity index (χ0v) is 15.7. The molecule has 2 aromatic rings. The van der Waals surface area contributed by atoms with Gasteiger partial charge in [-0.15, -0.1) is 0 Å². The molecule has 0 radical (unpaired) electrons. The lowest BCUT2D eigenvalue weighted by Crippen LogP contribution is -2.51. The van der Waals surface area contributed by atoms with Crippen LogP contribution in [-0.4, -0.2) is 34.2 Å². The first-order valence-electron chi connectivity index (χ1n) is 8.57. The van der Waals surface area contributed by atoms with E-state index >= 15 is 0 Å². The van der Waals surface area contributed by atoms with Crippen LogP contribution in [0.1, 0.15) is 39.1 Å². The molecule has 1 aliphatic heterocycles. The van der Waals surface area contributed by atoms with Crippen LogP contribution in [0.5, 0.6) is 0 Å². The summed E-state index contributed by atoms with van der Waals surface area (Å²) in [7, 11) is 0. The Labute approximate surface area is 157 Å².